The maximum Gasteiger partial charge on any atom is 0.573 e. The number of carbonyl (C=O) groups excluding carboxylic acids is 4. The van der Waals surface area contributed by atoms with Crippen molar-refractivity contribution in [2.75, 3.05) is 42.4 Å². The van der Waals surface area contributed by atoms with Gasteiger partial charge in [-0.1, -0.05) is 0 Å². The van der Waals surface area contributed by atoms with E-state index in [0.29, 0.717) is 0 Å². The van der Waals surface area contributed by atoms with E-state index in [1.807, 2.05) is 0 Å². The van der Waals surface area contributed by atoms with Gasteiger partial charge in [0.05, 0.1) is 71.1 Å². The summed E-state index contributed by atoms with van der Waals surface area (Å²) in [7, 11) is 0. The predicted molar refractivity (Wildman–Crippen MR) is 294 cm³/mol. The van der Waals surface area contributed by atoms with Gasteiger partial charge >= 0.3 is 54.9 Å². The van der Waals surface area contributed by atoms with Gasteiger partial charge < -0.3 is 63.7 Å². The van der Waals surface area contributed by atoms with Gasteiger partial charge in [0.25, 0.3) is 0 Å². The number of carboxylic acid groups (broad SMARTS) is 2. The molecule has 0 atom stereocenters. The second kappa shape index (κ2) is 28.2. The number of carboxylic acids is 2. The minimum atomic E-state index is -4.94. The van der Waals surface area contributed by atoms with Crippen molar-refractivity contribution in [1.29, 1.82) is 0 Å². The monoisotopic (exact) mass is 1290 g/mol. The SMILES string of the molecule is CCOC(=O)c1cnc2ccc(OC(F)(F)F)cc2c1Nc1ocnc1C(=O)O.CCOC(=O)c1cnc2ccc(OC(F)(F)F)cc2c1Nc1scnc1C(=O)O.CCOC(=O)c1cnc2ccc(OC(F)(F)F)cc2c1Nc1scnc1C(=O)OCC. The smallest absolute Gasteiger partial charge is 0.476 e. The van der Waals surface area contributed by atoms with Crippen LogP contribution in [0, 0.1) is 0 Å². The number of aromatic nitrogens is 6. The number of halogens is 9. The molecule has 9 rings (SSSR count). The molecule has 6 heterocycles. The lowest BCUT2D eigenvalue weighted by Gasteiger charge is -2.15. The molecule has 0 aliphatic rings. The molecular weight excluding hydrogens is 1250 g/mol. The number of hydrogen-bond donors (Lipinski definition) is 5. The van der Waals surface area contributed by atoms with Crippen LogP contribution in [0.2, 0.25) is 0 Å². The number of aromatic carboxylic acids is 2. The number of hydrogen-bond acceptors (Lipinski definition) is 25. The van der Waals surface area contributed by atoms with E-state index in [1.165, 1.54) is 41.6 Å². The lowest BCUT2D eigenvalue weighted by atomic mass is 10.1. The molecule has 3 aromatic carbocycles. The lowest BCUT2D eigenvalue weighted by Crippen LogP contribution is -2.17. The summed E-state index contributed by atoms with van der Waals surface area (Å²) in [5.41, 5.74) is 2.30. The van der Waals surface area contributed by atoms with Crippen LogP contribution in [-0.4, -0.2) is 121 Å². The van der Waals surface area contributed by atoms with E-state index in [2.05, 4.69) is 60.1 Å². The Hall–Kier alpha value is -10.7. The van der Waals surface area contributed by atoms with E-state index in [4.69, 9.17) is 28.5 Å². The zero-order valence-corrected chi connectivity index (χ0v) is 47.1. The van der Waals surface area contributed by atoms with Crippen LogP contribution in [0.5, 0.6) is 17.2 Å². The second-order valence-electron chi connectivity index (χ2n) is 16.8. The fourth-order valence-corrected chi connectivity index (χ4v) is 8.94. The summed E-state index contributed by atoms with van der Waals surface area (Å²) < 4.78 is 150. The summed E-state index contributed by atoms with van der Waals surface area (Å²) in [6.07, 6.45) is -10.3. The first-order valence-corrected chi connectivity index (χ1v) is 26.7. The Bertz CT molecular complexity index is 3930. The van der Waals surface area contributed by atoms with Gasteiger partial charge in [-0.05, 0) is 82.3 Å². The van der Waals surface area contributed by atoms with E-state index >= 15 is 0 Å². The molecule has 5 N–H and O–H groups in total. The quantitative estimate of drug-likeness (QED) is 0.0285. The van der Waals surface area contributed by atoms with E-state index in [-0.39, 0.29) is 120 Å². The van der Waals surface area contributed by atoms with Crippen LogP contribution in [0.15, 0.2) is 95.0 Å². The Morgan fingerprint density at radius 3 is 1.15 bits per heavy atom. The Balaban J connectivity index is 0.000000190. The number of nitrogens with one attached hydrogen (secondary N) is 3. The van der Waals surface area contributed by atoms with Gasteiger partial charge in [-0.25, -0.2) is 43.7 Å². The molecule has 0 radical (unpaired) electrons. The highest BCUT2D eigenvalue weighted by Gasteiger charge is 2.34. The van der Waals surface area contributed by atoms with Crippen LogP contribution in [0.3, 0.4) is 0 Å². The minimum absolute atomic E-state index is 0.0211. The standard InChI is InChI=1S/C19H16F3N3O5S.C17H12F3N3O6.C17H12F3N3O5S/c1-3-28-17(26)12-8-23-13-6-5-10(30-19(20,21)22)7-11(13)14(12)25-16-15(24-9-31-16)18(27)29-4-2;1-2-27-16(26)10-6-21-11-4-3-8(29-17(18,19)20)5-9(11)12(10)23-14-13(15(24)25)22-7-28-14;1-2-27-16(26)10-6-21-11-4-3-8(28-17(18,19)20)5-9(11)12(10)23-14-13(15(24)25)22-7-29-14/h5-9H,3-4H2,1-2H3,(H,23,25);2*3-7H,2H2,1H3,(H,21,23)(H,24,25). The summed E-state index contributed by atoms with van der Waals surface area (Å²) in [6.45, 7) is 6.66. The molecule has 9 aromatic rings. The molecule has 0 bridgehead atoms. The number of rotatable bonds is 19. The van der Waals surface area contributed by atoms with Gasteiger partial charge in [-0.15, -0.1) is 62.2 Å². The summed E-state index contributed by atoms with van der Waals surface area (Å²) in [5.74, 6) is -7.71. The van der Waals surface area contributed by atoms with E-state index < -0.39 is 77.8 Å². The largest absolute Gasteiger partial charge is 0.573 e. The number of fused-ring (bicyclic) bond motifs is 3. The topological polar surface area (TPSA) is 334 Å². The summed E-state index contributed by atoms with van der Waals surface area (Å²) in [4.78, 5) is 95.2. The van der Waals surface area contributed by atoms with Crippen LogP contribution in [0.4, 0.5) is 72.5 Å². The molecule has 0 saturated heterocycles. The molecule has 89 heavy (non-hydrogen) atoms. The number of benzene rings is 3. The van der Waals surface area contributed by atoms with Crippen LogP contribution >= 0.6 is 22.7 Å². The molecule has 0 fully saturated rings. The summed E-state index contributed by atoms with van der Waals surface area (Å²) >= 11 is 1.99. The zero-order chi connectivity index (χ0) is 65.0. The molecule has 0 amide bonds. The van der Waals surface area contributed by atoms with Crippen LogP contribution in [0.25, 0.3) is 32.7 Å². The molecule has 36 heteroatoms. The van der Waals surface area contributed by atoms with Gasteiger partial charge in [-0.2, -0.15) is 0 Å². The van der Waals surface area contributed by atoms with Crippen molar-refractivity contribution in [2.45, 2.75) is 46.8 Å². The third kappa shape index (κ3) is 17.1. The van der Waals surface area contributed by atoms with Gasteiger partial charge in [0, 0.05) is 34.7 Å². The van der Waals surface area contributed by atoms with Crippen molar-refractivity contribution in [2.24, 2.45) is 0 Å². The first-order chi connectivity index (χ1) is 42.1. The second-order valence-corrected chi connectivity index (χ2v) is 18.5. The first-order valence-electron chi connectivity index (χ1n) is 24.9. The summed E-state index contributed by atoms with van der Waals surface area (Å²) in [6, 6.07) is 10.2. The van der Waals surface area contributed by atoms with Crippen LogP contribution in [0.1, 0.15) is 90.2 Å². The number of pyridine rings is 3. The average molecular weight is 1290 g/mol. The first kappa shape index (κ1) is 65.9. The van der Waals surface area contributed by atoms with Gasteiger partial charge in [0.2, 0.25) is 11.6 Å². The number of esters is 4. The van der Waals surface area contributed by atoms with E-state index in [9.17, 15) is 73.4 Å². The average Bonchev–Trinajstić information content (AvgIpc) is 3.43. The number of alkyl halides is 9. The fraction of sp³-hybridized carbons (Fsp3) is 0.208. The van der Waals surface area contributed by atoms with Gasteiger partial charge in [0.15, 0.2) is 17.8 Å². The highest BCUT2D eigenvalue weighted by atomic mass is 32.1. The van der Waals surface area contributed by atoms with Crippen molar-refractivity contribution in [3.05, 3.63) is 124 Å². The number of nitrogens with zero attached hydrogens (tertiary/aromatic N) is 6. The van der Waals surface area contributed by atoms with Crippen LogP contribution < -0.4 is 30.2 Å². The molecule has 0 aliphatic heterocycles. The predicted octanol–water partition coefficient (Wildman–Crippen LogP) is 12.6. The maximum absolute atomic E-state index is 12.7. The lowest BCUT2D eigenvalue weighted by molar-refractivity contribution is -0.275. The molecule has 6 aromatic heterocycles. The third-order valence-corrected chi connectivity index (χ3v) is 12.5. The van der Waals surface area contributed by atoms with Crippen molar-refractivity contribution >= 4 is 124 Å². The summed E-state index contributed by atoms with van der Waals surface area (Å²) in [5, 5.41) is 27.3. The molecule has 25 nitrogen and oxygen atoms in total. The highest BCUT2D eigenvalue weighted by Crippen LogP contribution is 2.39. The molecule has 0 saturated carbocycles. The fourth-order valence-electron chi connectivity index (χ4n) is 7.60. The molecule has 0 unspecified atom stereocenters. The number of oxazole rings is 1. The molecule has 468 valence electrons. The molecular formula is C53H40F9N9O16S2. The molecule has 0 spiro atoms. The number of anilines is 6. The van der Waals surface area contributed by atoms with Crippen molar-refractivity contribution < 1.29 is 116 Å². The maximum atomic E-state index is 12.7. The van der Waals surface area contributed by atoms with Gasteiger partial charge in [-0.3, -0.25) is 15.0 Å². The number of thiazole rings is 2. The molecule has 0 aliphatic carbocycles. The normalized spacial score (nSPS) is 11.3. The Morgan fingerprint density at radius 1 is 0.461 bits per heavy atom. The van der Waals surface area contributed by atoms with Crippen molar-refractivity contribution in [3.63, 3.8) is 0 Å². The highest BCUT2D eigenvalue weighted by molar-refractivity contribution is 7.14. The Morgan fingerprint density at radius 2 is 0.798 bits per heavy atom. The number of ether oxygens (including phenoxy) is 7. The van der Waals surface area contributed by atoms with E-state index in [1.54, 1.807) is 27.7 Å². The van der Waals surface area contributed by atoms with Crippen LogP contribution in [-0.2, 0) is 18.9 Å². The number of carbonyl (C=O) groups is 6. The van der Waals surface area contributed by atoms with Crippen molar-refractivity contribution in [3.8, 4) is 17.2 Å². The Labute approximate surface area is 499 Å². The zero-order valence-electron chi connectivity index (χ0n) is 45.5. The van der Waals surface area contributed by atoms with E-state index in [0.717, 1.165) is 71.7 Å². The minimum Gasteiger partial charge on any atom is -0.476 e. The van der Waals surface area contributed by atoms with Crippen molar-refractivity contribution in [1.82, 2.24) is 29.9 Å². The Kier molecular flexibility index (Phi) is 20.9. The van der Waals surface area contributed by atoms with Gasteiger partial charge in [0.1, 0.15) is 43.9 Å². The third-order valence-electron chi connectivity index (χ3n) is 11.0.